The van der Waals surface area contributed by atoms with E-state index in [1.54, 1.807) is 0 Å². The van der Waals surface area contributed by atoms with E-state index < -0.39 is 0 Å². The van der Waals surface area contributed by atoms with Gasteiger partial charge in [-0.1, -0.05) is 198 Å². The zero-order chi connectivity index (χ0) is 42.2. The van der Waals surface area contributed by atoms with Gasteiger partial charge in [0.2, 0.25) is 0 Å². The van der Waals surface area contributed by atoms with E-state index in [1.165, 1.54) is 121 Å². The average molecular weight is 804 g/mol. The van der Waals surface area contributed by atoms with Crippen LogP contribution in [0.3, 0.4) is 0 Å². The van der Waals surface area contributed by atoms with Crippen LogP contribution in [0.5, 0.6) is 0 Å². The van der Waals surface area contributed by atoms with E-state index >= 15 is 0 Å². The molecule has 2 aliphatic carbocycles. The minimum atomic E-state index is -0.192. The van der Waals surface area contributed by atoms with Crippen LogP contribution in [-0.4, -0.2) is 0 Å². The lowest BCUT2D eigenvalue weighted by Gasteiger charge is -2.33. The third-order valence-corrected chi connectivity index (χ3v) is 14.7. The molecule has 0 radical (unpaired) electrons. The largest absolute Gasteiger partial charge is 0.309 e. The molecule has 0 bridgehead atoms. The highest BCUT2D eigenvalue weighted by atomic mass is 15.1. The van der Waals surface area contributed by atoms with Crippen LogP contribution in [0.25, 0.3) is 87.2 Å². The Kier molecular flexibility index (Phi) is 7.48. The summed E-state index contributed by atoms with van der Waals surface area (Å²) in [5.41, 5.74) is 16.4. The maximum Gasteiger partial charge on any atom is 0.0549 e. The Hall–Kier alpha value is -7.48. The molecule has 0 N–H and O–H groups in total. The fourth-order valence-corrected chi connectivity index (χ4v) is 11.9. The lowest BCUT2D eigenvalue weighted by Crippen LogP contribution is -2.18. The van der Waals surface area contributed by atoms with E-state index in [-0.39, 0.29) is 10.8 Å². The molecule has 298 valence electrons. The summed E-state index contributed by atoms with van der Waals surface area (Å²) in [5.74, 6) is 0. The van der Waals surface area contributed by atoms with Gasteiger partial charge < -0.3 is 4.90 Å². The van der Waals surface area contributed by atoms with Crippen molar-refractivity contribution >= 4 is 70.9 Å². The molecule has 2 aliphatic rings. The zero-order valence-electron chi connectivity index (χ0n) is 36.0. The molecule has 11 aromatic carbocycles. The van der Waals surface area contributed by atoms with Crippen molar-refractivity contribution < 1.29 is 0 Å². The molecule has 0 saturated heterocycles. The molecule has 0 aromatic heterocycles. The maximum absolute atomic E-state index is 2.61. The molecule has 0 atom stereocenters. The molecule has 0 unspecified atom stereocenters. The van der Waals surface area contributed by atoms with Gasteiger partial charge >= 0.3 is 0 Å². The van der Waals surface area contributed by atoms with E-state index in [2.05, 4.69) is 233 Å². The van der Waals surface area contributed by atoms with E-state index in [0.717, 1.165) is 5.69 Å². The molecule has 0 spiro atoms. The summed E-state index contributed by atoms with van der Waals surface area (Å²) < 4.78 is 0. The van der Waals surface area contributed by atoms with Crippen molar-refractivity contribution in [1.82, 2.24) is 0 Å². The Morgan fingerprint density at radius 1 is 0.317 bits per heavy atom. The normalized spacial score (nSPS) is 14.3. The highest BCUT2D eigenvalue weighted by Crippen LogP contribution is 2.60. The van der Waals surface area contributed by atoms with Gasteiger partial charge in [0.15, 0.2) is 0 Å². The van der Waals surface area contributed by atoms with Crippen LogP contribution in [0.4, 0.5) is 17.1 Å². The van der Waals surface area contributed by atoms with Gasteiger partial charge in [0.25, 0.3) is 0 Å². The molecule has 0 aliphatic heterocycles. The highest BCUT2D eigenvalue weighted by molar-refractivity contribution is 6.25. The van der Waals surface area contributed by atoms with Gasteiger partial charge in [-0.15, -0.1) is 0 Å². The monoisotopic (exact) mass is 803 g/mol. The maximum atomic E-state index is 2.61. The van der Waals surface area contributed by atoms with E-state index in [9.17, 15) is 0 Å². The second-order valence-corrected chi connectivity index (χ2v) is 18.8. The first-order chi connectivity index (χ1) is 30.8. The number of fused-ring (bicyclic) bond motifs is 16. The number of hydrogen-bond acceptors (Lipinski definition) is 1. The van der Waals surface area contributed by atoms with Crippen LogP contribution >= 0.6 is 0 Å². The number of anilines is 3. The predicted octanol–water partition coefficient (Wildman–Crippen LogP) is 17.2. The number of hydrogen-bond donors (Lipinski definition) is 0. The lowest BCUT2D eigenvalue weighted by atomic mass is 9.79. The molecule has 1 nitrogen and oxygen atoms in total. The summed E-state index contributed by atoms with van der Waals surface area (Å²) in [6, 6.07) is 75.3. The van der Waals surface area contributed by atoms with Crippen molar-refractivity contribution in [2.75, 3.05) is 4.90 Å². The van der Waals surface area contributed by atoms with Crippen LogP contribution in [-0.2, 0) is 10.8 Å². The molecule has 0 amide bonds. The van der Waals surface area contributed by atoms with Crippen LogP contribution in [0.1, 0.15) is 49.9 Å². The smallest absolute Gasteiger partial charge is 0.0549 e. The van der Waals surface area contributed by atoms with Crippen molar-refractivity contribution in [3.8, 4) is 33.4 Å². The fraction of sp³-hybridized carbons (Fsp3) is 0.0968. The van der Waals surface area contributed by atoms with E-state index in [4.69, 9.17) is 0 Å². The third-order valence-electron chi connectivity index (χ3n) is 14.7. The van der Waals surface area contributed by atoms with Crippen LogP contribution in [0, 0.1) is 0 Å². The summed E-state index contributed by atoms with van der Waals surface area (Å²) in [6.07, 6.45) is 0. The molecule has 1 heteroatoms. The summed E-state index contributed by atoms with van der Waals surface area (Å²) in [5, 5.41) is 12.9. The third kappa shape index (κ3) is 4.99. The fourth-order valence-electron chi connectivity index (χ4n) is 11.9. The first kappa shape index (κ1) is 36.2. The molecule has 0 heterocycles. The minimum absolute atomic E-state index is 0.192. The zero-order valence-corrected chi connectivity index (χ0v) is 36.0. The molecular formula is C62H45N. The van der Waals surface area contributed by atoms with Crippen LogP contribution in [0.15, 0.2) is 200 Å². The summed E-state index contributed by atoms with van der Waals surface area (Å²) in [6.45, 7) is 9.65. The Balaban J connectivity index is 1.10. The molecule has 13 rings (SSSR count). The second-order valence-electron chi connectivity index (χ2n) is 18.8. The quantitative estimate of drug-likeness (QED) is 0.160. The van der Waals surface area contributed by atoms with Crippen molar-refractivity contribution in [2.24, 2.45) is 0 Å². The first-order valence-corrected chi connectivity index (χ1v) is 22.3. The minimum Gasteiger partial charge on any atom is -0.309 e. The van der Waals surface area contributed by atoms with Gasteiger partial charge in [0, 0.05) is 27.6 Å². The molecule has 0 saturated carbocycles. The number of rotatable bonds is 4. The Morgan fingerprint density at radius 2 is 0.698 bits per heavy atom. The molecular weight excluding hydrogens is 759 g/mol. The van der Waals surface area contributed by atoms with Gasteiger partial charge in [-0.3, -0.25) is 0 Å². The average Bonchev–Trinajstić information content (AvgIpc) is 3.72. The van der Waals surface area contributed by atoms with E-state index in [0.29, 0.717) is 0 Å². The lowest BCUT2D eigenvalue weighted by molar-refractivity contribution is 0.666. The molecule has 0 fully saturated rings. The van der Waals surface area contributed by atoms with E-state index in [1.807, 2.05) is 0 Å². The molecule has 63 heavy (non-hydrogen) atoms. The highest BCUT2D eigenvalue weighted by Gasteiger charge is 2.42. The van der Waals surface area contributed by atoms with Crippen molar-refractivity contribution in [1.29, 1.82) is 0 Å². The van der Waals surface area contributed by atoms with Gasteiger partial charge in [-0.05, 0) is 129 Å². The van der Waals surface area contributed by atoms with Gasteiger partial charge in [0.1, 0.15) is 0 Å². The van der Waals surface area contributed by atoms with Gasteiger partial charge in [-0.2, -0.15) is 0 Å². The van der Waals surface area contributed by atoms with Crippen molar-refractivity contribution in [3.63, 3.8) is 0 Å². The standard InChI is InChI=1S/C62H45N/c1-61(2)53-27-15-13-25-50(53)57-55(36-40-17-5-7-19-43(40)59(57)61)63(56-37-41-18-6-8-20-44(41)60-58(56)51-26-14-16-28-54(51)62(60,3)4)42-32-29-38(30-33-42)39-31-34-49-47-23-10-9-21-45(47)46-22-11-12-24-48(46)52(49)35-39/h5-37H,1-4H3. The van der Waals surface area contributed by atoms with Crippen molar-refractivity contribution in [2.45, 2.75) is 38.5 Å². The van der Waals surface area contributed by atoms with Gasteiger partial charge in [0.05, 0.1) is 11.4 Å². The Labute approximate surface area is 368 Å². The summed E-state index contributed by atoms with van der Waals surface area (Å²) >= 11 is 0. The summed E-state index contributed by atoms with van der Waals surface area (Å²) in [7, 11) is 0. The SMILES string of the molecule is CC1(C)c2ccccc2-c2c(N(c3ccc(-c4ccc5c6ccccc6c6ccccc6c5c4)cc3)c3cc4ccccc4c4c3-c3ccccc3C4(C)C)cc3ccccc3c21. The molecule has 11 aromatic rings. The van der Waals surface area contributed by atoms with Gasteiger partial charge in [-0.25, -0.2) is 0 Å². The van der Waals surface area contributed by atoms with Crippen molar-refractivity contribution in [3.05, 3.63) is 222 Å². The Morgan fingerprint density at radius 3 is 1.19 bits per heavy atom. The topological polar surface area (TPSA) is 3.24 Å². The first-order valence-electron chi connectivity index (χ1n) is 22.3. The van der Waals surface area contributed by atoms with Crippen LogP contribution < -0.4 is 4.90 Å². The summed E-state index contributed by atoms with van der Waals surface area (Å²) in [4.78, 5) is 2.61. The number of benzene rings is 11. The predicted molar refractivity (Wildman–Crippen MR) is 269 cm³/mol. The Bertz CT molecular complexity index is 3550. The second kappa shape index (κ2) is 13.0. The van der Waals surface area contributed by atoms with Crippen LogP contribution in [0.2, 0.25) is 0 Å². The number of nitrogens with zero attached hydrogens (tertiary/aromatic N) is 1.